The normalized spacial score (nSPS) is 21.6. The second-order valence-corrected chi connectivity index (χ2v) is 6.06. The van der Waals surface area contributed by atoms with Crippen LogP contribution in [0.15, 0.2) is 24.3 Å². The molecule has 1 aromatic carbocycles. The highest BCUT2D eigenvalue weighted by molar-refractivity contribution is 5.93. The standard InChI is InChI=1S/C17H26N2O3/c1-19(11-13-7-3-5-9-15(13)20)12-17(21)18-14-8-4-6-10-16(14)22-2/h4,6,8,10,13,15,20H,3,5,7,9,11-12H2,1-2H3,(H,18,21). The molecule has 5 nitrogen and oxygen atoms in total. The Hall–Kier alpha value is -1.59. The van der Waals surface area contributed by atoms with E-state index in [-0.39, 0.29) is 17.9 Å². The molecule has 0 aromatic heterocycles. The van der Waals surface area contributed by atoms with Crippen LogP contribution in [0.2, 0.25) is 0 Å². The number of anilines is 1. The summed E-state index contributed by atoms with van der Waals surface area (Å²) in [7, 11) is 3.50. The van der Waals surface area contributed by atoms with Gasteiger partial charge in [0.25, 0.3) is 0 Å². The van der Waals surface area contributed by atoms with Crippen LogP contribution in [-0.4, -0.2) is 49.3 Å². The van der Waals surface area contributed by atoms with Gasteiger partial charge in [-0.1, -0.05) is 25.0 Å². The molecule has 122 valence electrons. The molecule has 22 heavy (non-hydrogen) atoms. The van der Waals surface area contributed by atoms with Crippen molar-refractivity contribution in [3.05, 3.63) is 24.3 Å². The number of carbonyl (C=O) groups is 1. The van der Waals surface area contributed by atoms with Gasteiger partial charge in [0, 0.05) is 6.54 Å². The molecule has 0 radical (unpaired) electrons. The van der Waals surface area contributed by atoms with Crippen molar-refractivity contribution in [2.24, 2.45) is 5.92 Å². The summed E-state index contributed by atoms with van der Waals surface area (Å²) in [5.74, 6) is 0.858. The van der Waals surface area contributed by atoms with Crippen molar-refractivity contribution in [2.75, 3.05) is 32.6 Å². The van der Waals surface area contributed by atoms with E-state index >= 15 is 0 Å². The SMILES string of the molecule is COc1ccccc1NC(=O)CN(C)CC1CCCCC1O. The fraction of sp³-hybridized carbons (Fsp3) is 0.588. The van der Waals surface area contributed by atoms with Crippen LogP contribution in [0.25, 0.3) is 0 Å². The predicted molar refractivity (Wildman–Crippen MR) is 87.1 cm³/mol. The summed E-state index contributed by atoms with van der Waals surface area (Å²) in [6.07, 6.45) is 3.97. The van der Waals surface area contributed by atoms with Crippen LogP contribution in [0.4, 0.5) is 5.69 Å². The van der Waals surface area contributed by atoms with Gasteiger partial charge in [0.15, 0.2) is 0 Å². The number of aliphatic hydroxyl groups excluding tert-OH is 1. The second-order valence-electron chi connectivity index (χ2n) is 6.06. The molecule has 1 aliphatic carbocycles. The van der Waals surface area contributed by atoms with E-state index in [4.69, 9.17) is 4.74 Å². The number of ether oxygens (including phenoxy) is 1. The number of amides is 1. The first-order valence-corrected chi connectivity index (χ1v) is 7.89. The molecule has 1 saturated carbocycles. The molecule has 2 unspecified atom stereocenters. The average Bonchev–Trinajstić information content (AvgIpc) is 2.50. The maximum Gasteiger partial charge on any atom is 0.238 e. The van der Waals surface area contributed by atoms with Crippen molar-refractivity contribution in [3.63, 3.8) is 0 Å². The smallest absolute Gasteiger partial charge is 0.238 e. The monoisotopic (exact) mass is 306 g/mol. The predicted octanol–water partition coefficient (Wildman–Crippen LogP) is 2.12. The molecule has 2 N–H and O–H groups in total. The van der Waals surface area contributed by atoms with Crippen molar-refractivity contribution in [3.8, 4) is 5.75 Å². The third-order valence-electron chi connectivity index (χ3n) is 4.21. The first-order valence-electron chi connectivity index (χ1n) is 7.89. The number of hydrogen-bond acceptors (Lipinski definition) is 4. The van der Waals surface area contributed by atoms with Crippen molar-refractivity contribution in [2.45, 2.75) is 31.8 Å². The van der Waals surface area contributed by atoms with E-state index in [1.54, 1.807) is 7.11 Å². The van der Waals surface area contributed by atoms with E-state index in [1.165, 1.54) is 6.42 Å². The number of hydrogen-bond donors (Lipinski definition) is 2. The van der Waals surface area contributed by atoms with Crippen LogP contribution in [-0.2, 0) is 4.79 Å². The highest BCUT2D eigenvalue weighted by Gasteiger charge is 2.24. The molecule has 2 atom stereocenters. The molecule has 1 fully saturated rings. The molecule has 0 aliphatic heterocycles. The Morgan fingerprint density at radius 3 is 2.82 bits per heavy atom. The van der Waals surface area contributed by atoms with Gasteiger partial charge in [-0.25, -0.2) is 0 Å². The Balaban J connectivity index is 1.83. The van der Waals surface area contributed by atoms with E-state index in [1.807, 2.05) is 36.2 Å². The van der Waals surface area contributed by atoms with Crippen LogP contribution in [0.1, 0.15) is 25.7 Å². The summed E-state index contributed by atoms with van der Waals surface area (Å²) in [5, 5.41) is 12.9. The summed E-state index contributed by atoms with van der Waals surface area (Å²) in [6, 6.07) is 7.37. The average molecular weight is 306 g/mol. The van der Waals surface area contributed by atoms with Gasteiger partial charge in [-0.3, -0.25) is 9.69 Å². The lowest BCUT2D eigenvalue weighted by Crippen LogP contribution is -2.38. The topological polar surface area (TPSA) is 61.8 Å². The minimum absolute atomic E-state index is 0.0719. The number of benzene rings is 1. The number of likely N-dealkylation sites (N-methyl/N-ethyl adjacent to an activating group) is 1. The molecule has 1 aromatic rings. The number of para-hydroxylation sites is 2. The van der Waals surface area contributed by atoms with Crippen LogP contribution < -0.4 is 10.1 Å². The van der Waals surface area contributed by atoms with Gasteiger partial charge in [-0.05, 0) is 37.9 Å². The maximum atomic E-state index is 12.1. The lowest BCUT2D eigenvalue weighted by molar-refractivity contribution is -0.117. The van der Waals surface area contributed by atoms with Crippen molar-refractivity contribution < 1.29 is 14.6 Å². The Morgan fingerprint density at radius 2 is 2.09 bits per heavy atom. The third kappa shape index (κ3) is 4.71. The first-order chi connectivity index (χ1) is 10.6. The highest BCUT2D eigenvalue weighted by atomic mass is 16.5. The minimum Gasteiger partial charge on any atom is -0.495 e. The van der Waals surface area contributed by atoms with Gasteiger partial charge in [-0.2, -0.15) is 0 Å². The largest absolute Gasteiger partial charge is 0.495 e. The quantitative estimate of drug-likeness (QED) is 0.845. The van der Waals surface area contributed by atoms with E-state index in [0.717, 1.165) is 25.8 Å². The molecule has 1 aliphatic rings. The third-order valence-corrected chi connectivity index (χ3v) is 4.21. The van der Waals surface area contributed by atoms with E-state index in [9.17, 15) is 9.90 Å². The van der Waals surface area contributed by atoms with Crippen LogP contribution in [0, 0.1) is 5.92 Å². The second kappa shape index (κ2) is 8.15. The molecule has 0 heterocycles. The van der Waals surface area contributed by atoms with Gasteiger partial charge in [0.1, 0.15) is 5.75 Å². The van der Waals surface area contributed by atoms with Gasteiger partial charge in [-0.15, -0.1) is 0 Å². The number of carbonyl (C=O) groups excluding carboxylic acids is 1. The minimum atomic E-state index is -0.228. The Morgan fingerprint density at radius 1 is 1.36 bits per heavy atom. The van der Waals surface area contributed by atoms with E-state index < -0.39 is 0 Å². The van der Waals surface area contributed by atoms with Crippen LogP contribution in [0.5, 0.6) is 5.75 Å². The summed E-state index contributed by atoms with van der Waals surface area (Å²) >= 11 is 0. The van der Waals surface area contributed by atoms with E-state index in [2.05, 4.69) is 5.32 Å². The summed E-state index contributed by atoms with van der Waals surface area (Å²) in [4.78, 5) is 14.1. The van der Waals surface area contributed by atoms with Crippen molar-refractivity contribution in [1.29, 1.82) is 0 Å². The molecule has 2 rings (SSSR count). The molecule has 0 spiro atoms. The van der Waals surface area contributed by atoms with Gasteiger partial charge in [0.2, 0.25) is 5.91 Å². The zero-order valence-corrected chi connectivity index (χ0v) is 13.4. The number of nitrogens with one attached hydrogen (secondary N) is 1. The van der Waals surface area contributed by atoms with Gasteiger partial charge < -0.3 is 15.2 Å². The fourth-order valence-electron chi connectivity index (χ4n) is 3.05. The molecular weight excluding hydrogens is 280 g/mol. The zero-order valence-electron chi connectivity index (χ0n) is 13.4. The van der Waals surface area contributed by atoms with E-state index in [0.29, 0.717) is 18.0 Å². The number of rotatable bonds is 6. The summed E-state index contributed by atoms with van der Waals surface area (Å²) in [5.41, 5.74) is 0.682. The molecular formula is C17H26N2O3. The Kier molecular flexibility index (Phi) is 6.21. The molecule has 5 heteroatoms. The number of methoxy groups -OCH3 is 1. The summed E-state index contributed by atoms with van der Waals surface area (Å²) in [6.45, 7) is 1.06. The van der Waals surface area contributed by atoms with Crippen LogP contribution >= 0.6 is 0 Å². The number of aliphatic hydroxyl groups is 1. The zero-order chi connectivity index (χ0) is 15.9. The maximum absolute atomic E-state index is 12.1. The molecule has 1 amide bonds. The van der Waals surface area contributed by atoms with Crippen molar-refractivity contribution in [1.82, 2.24) is 4.90 Å². The highest BCUT2D eigenvalue weighted by Crippen LogP contribution is 2.25. The molecule has 0 bridgehead atoms. The Labute approximate surface area is 132 Å². The van der Waals surface area contributed by atoms with Gasteiger partial charge in [0.05, 0.1) is 25.4 Å². The first kappa shape index (κ1) is 16.8. The fourth-order valence-corrected chi connectivity index (χ4v) is 3.05. The van der Waals surface area contributed by atoms with Crippen molar-refractivity contribution >= 4 is 11.6 Å². The van der Waals surface area contributed by atoms with Gasteiger partial charge >= 0.3 is 0 Å². The number of nitrogens with zero attached hydrogens (tertiary/aromatic N) is 1. The molecule has 0 saturated heterocycles. The lowest BCUT2D eigenvalue weighted by Gasteiger charge is -2.30. The van der Waals surface area contributed by atoms with Crippen LogP contribution in [0.3, 0.4) is 0 Å². The summed E-state index contributed by atoms with van der Waals surface area (Å²) < 4.78 is 5.23. The lowest BCUT2D eigenvalue weighted by atomic mass is 9.86. The Bertz CT molecular complexity index is 493.